The minimum atomic E-state index is -0.928. The van der Waals surface area contributed by atoms with Gasteiger partial charge in [0.25, 0.3) is 0 Å². The predicted octanol–water partition coefficient (Wildman–Crippen LogP) is 0.929. The molecule has 1 aliphatic carbocycles. The van der Waals surface area contributed by atoms with Crippen molar-refractivity contribution in [2.45, 2.75) is 45.3 Å². The van der Waals surface area contributed by atoms with Crippen molar-refractivity contribution in [3.63, 3.8) is 0 Å². The molecule has 0 aliphatic heterocycles. The number of rotatable bonds is 5. The first-order valence-corrected chi connectivity index (χ1v) is 6.28. The van der Waals surface area contributed by atoms with Crippen LogP contribution in [-0.4, -0.2) is 34.2 Å². The van der Waals surface area contributed by atoms with Crippen molar-refractivity contribution < 1.29 is 19.8 Å². The van der Waals surface area contributed by atoms with Gasteiger partial charge in [0.05, 0.1) is 17.9 Å². The lowest BCUT2D eigenvalue weighted by Gasteiger charge is -2.26. The number of aliphatic hydroxyl groups excluding tert-OH is 1. The fourth-order valence-corrected chi connectivity index (χ4v) is 2.30. The second-order valence-corrected chi connectivity index (χ2v) is 4.99. The highest BCUT2D eigenvalue weighted by atomic mass is 16.4. The normalized spacial score (nSPS) is 26.4. The van der Waals surface area contributed by atoms with Crippen molar-refractivity contribution in [2.24, 2.45) is 11.8 Å². The number of hydrogen-bond acceptors (Lipinski definition) is 3. The number of carbonyl (C=O) groups excluding carboxylic acids is 1. The Balaban J connectivity index is 2.59. The summed E-state index contributed by atoms with van der Waals surface area (Å²) in [5, 5.41) is 21.1. The van der Waals surface area contributed by atoms with Crippen molar-refractivity contribution in [1.82, 2.24) is 5.32 Å². The quantitative estimate of drug-likeness (QED) is 0.638. The maximum atomic E-state index is 12.0. The molecular weight excluding hydrogens is 234 g/mol. The Morgan fingerprint density at radius 1 is 1.28 bits per heavy atom. The van der Waals surface area contributed by atoms with Gasteiger partial charge in [0, 0.05) is 6.04 Å². The number of amides is 1. The van der Waals surface area contributed by atoms with Gasteiger partial charge in [0.1, 0.15) is 0 Å². The van der Waals surface area contributed by atoms with E-state index in [4.69, 9.17) is 5.11 Å². The Labute approximate surface area is 107 Å². The third-order valence-corrected chi connectivity index (χ3v) is 3.17. The van der Waals surface area contributed by atoms with E-state index >= 15 is 0 Å². The number of allylic oxidation sites excluding steroid dienone is 2. The zero-order valence-electron chi connectivity index (χ0n) is 10.8. The average Bonchev–Trinajstić information content (AvgIpc) is 2.27. The monoisotopic (exact) mass is 255 g/mol. The van der Waals surface area contributed by atoms with Crippen LogP contribution in [0.25, 0.3) is 0 Å². The van der Waals surface area contributed by atoms with E-state index < -0.39 is 23.9 Å². The van der Waals surface area contributed by atoms with Gasteiger partial charge in [0.2, 0.25) is 5.91 Å². The Bertz CT molecular complexity index is 338. The lowest BCUT2D eigenvalue weighted by atomic mass is 9.82. The van der Waals surface area contributed by atoms with E-state index in [1.807, 2.05) is 12.2 Å². The van der Waals surface area contributed by atoms with E-state index in [0.717, 1.165) is 0 Å². The van der Waals surface area contributed by atoms with Crippen LogP contribution in [0.1, 0.15) is 33.1 Å². The van der Waals surface area contributed by atoms with Gasteiger partial charge in [-0.25, -0.2) is 0 Å². The number of carboxylic acids is 1. The molecule has 2 unspecified atom stereocenters. The number of carbonyl (C=O) groups is 2. The minimum absolute atomic E-state index is 0.155. The summed E-state index contributed by atoms with van der Waals surface area (Å²) in [6.07, 6.45) is 4.50. The van der Waals surface area contributed by atoms with Crippen molar-refractivity contribution in [2.75, 3.05) is 0 Å². The van der Waals surface area contributed by atoms with Crippen LogP contribution >= 0.6 is 0 Å². The van der Waals surface area contributed by atoms with Crippen LogP contribution in [0.15, 0.2) is 12.2 Å². The number of aliphatic carboxylic acids is 1. The van der Waals surface area contributed by atoms with Crippen molar-refractivity contribution in [3.05, 3.63) is 12.2 Å². The highest BCUT2D eigenvalue weighted by molar-refractivity contribution is 5.85. The molecule has 1 aliphatic rings. The van der Waals surface area contributed by atoms with Gasteiger partial charge in [-0.2, -0.15) is 0 Å². The maximum Gasteiger partial charge on any atom is 0.307 e. The Morgan fingerprint density at radius 3 is 2.33 bits per heavy atom. The Hall–Kier alpha value is -1.36. The zero-order valence-corrected chi connectivity index (χ0v) is 10.8. The number of aliphatic hydroxyl groups is 1. The van der Waals surface area contributed by atoms with Gasteiger partial charge in [-0.05, 0) is 33.1 Å². The molecule has 0 aromatic rings. The second kappa shape index (κ2) is 6.54. The molecule has 3 N–H and O–H groups in total. The average molecular weight is 255 g/mol. The van der Waals surface area contributed by atoms with E-state index in [0.29, 0.717) is 19.3 Å². The number of carboxylic acid groups (broad SMARTS) is 1. The SMILES string of the molecule is CC(O)CC(C)NC(=O)[C@@H]1CC=CC[C@@H]1C(=O)O. The third kappa shape index (κ3) is 4.14. The van der Waals surface area contributed by atoms with E-state index in [1.165, 1.54) is 0 Å². The molecule has 18 heavy (non-hydrogen) atoms. The van der Waals surface area contributed by atoms with E-state index in [2.05, 4.69) is 5.32 Å². The fraction of sp³-hybridized carbons (Fsp3) is 0.692. The molecule has 0 aromatic heterocycles. The lowest BCUT2D eigenvalue weighted by molar-refractivity contribution is -0.147. The molecule has 0 radical (unpaired) electrons. The smallest absolute Gasteiger partial charge is 0.307 e. The topological polar surface area (TPSA) is 86.6 Å². The molecule has 0 fully saturated rings. The van der Waals surface area contributed by atoms with Crippen LogP contribution in [0.4, 0.5) is 0 Å². The number of hydrogen-bond donors (Lipinski definition) is 3. The summed E-state index contributed by atoms with van der Waals surface area (Å²) in [6, 6.07) is -0.155. The van der Waals surface area contributed by atoms with Gasteiger partial charge in [-0.3, -0.25) is 9.59 Å². The first kappa shape index (κ1) is 14.7. The third-order valence-electron chi connectivity index (χ3n) is 3.17. The Morgan fingerprint density at radius 2 is 1.83 bits per heavy atom. The molecular formula is C13H21NO4. The van der Waals surface area contributed by atoms with Crippen LogP contribution in [0, 0.1) is 11.8 Å². The molecule has 0 heterocycles. The highest BCUT2D eigenvalue weighted by Crippen LogP contribution is 2.26. The van der Waals surface area contributed by atoms with Crippen LogP contribution in [0.3, 0.4) is 0 Å². The lowest BCUT2D eigenvalue weighted by Crippen LogP contribution is -2.43. The molecule has 4 atom stereocenters. The molecule has 102 valence electrons. The summed E-state index contributed by atoms with van der Waals surface area (Å²) in [5.74, 6) is -2.32. The maximum absolute atomic E-state index is 12.0. The molecule has 5 nitrogen and oxygen atoms in total. The molecule has 0 saturated carbocycles. The first-order chi connectivity index (χ1) is 8.41. The molecule has 0 bridgehead atoms. The Kier molecular flexibility index (Phi) is 5.34. The minimum Gasteiger partial charge on any atom is -0.481 e. The molecule has 1 rings (SSSR count). The standard InChI is InChI=1S/C13H21NO4/c1-8(7-9(2)15)14-12(16)10-5-3-4-6-11(10)13(17)18/h3-4,8-11,15H,5-7H2,1-2H3,(H,14,16)(H,17,18)/t8?,9?,10-,11+/m1/s1. The van der Waals surface area contributed by atoms with Gasteiger partial charge in [-0.15, -0.1) is 0 Å². The summed E-state index contributed by atoms with van der Waals surface area (Å²) in [6.45, 7) is 3.46. The largest absolute Gasteiger partial charge is 0.481 e. The van der Waals surface area contributed by atoms with Gasteiger partial charge in [0.15, 0.2) is 0 Å². The summed E-state index contributed by atoms with van der Waals surface area (Å²) >= 11 is 0. The first-order valence-electron chi connectivity index (χ1n) is 6.28. The fourth-order valence-electron chi connectivity index (χ4n) is 2.30. The molecule has 0 spiro atoms. The van der Waals surface area contributed by atoms with Crippen molar-refractivity contribution >= 4 is 11.9 Å². The van der Waals surface area contributed by atoms with Crippen molar-refractivity contribution in [3.8, 4) is 0 Å². The molecule has 0 aromatic carbocycles. The van der Waals surface area contributed by atoms with Gasteiger partial charge in [-0.1, -0.05) is 12.2 Å². The molecule has 1 amide bonds. The highest BCUT2D eigenvalue weighted by Gasteiger charge is 2.34. The molecule has 5 heteroatoms. The van der Waals surface area contributed by atoms with Crippen LogP contribution in [-0.2, 0) is 9.59 Å². The van der Waals surface area contributed by atoms with Crippen molar-refractivity contribution in [1.29, 1.82) is 0 Å². The van der Waals surface area contributed by atoms with Gasteiger partial charge >= 0.3 is 5.97 Å². The zero-order chi connectivity index (χ0) is 13.7. The molecule has 0 saturated heterocycles. The van der Waals surface area contributed by atoms with Gasteiger partial charge < -0.3 is 15.5 Å². The van der Waals surface area contributed by atoms with Crippen LogP contribution in [0.5, 0.6) is 0 Å². The van der Waals surface area contributed by atoms with E-state index in [9.17, 15) is 14.7 Å². The summed E-state index contributed by atoms with van der Waals surface area (Å²) in [4.78, 5) is 23.1. The number of nitrogens with one attached hydrogen (secondary N) is 1. The summed E-state index contributed by atoms with van der Waals surface area (Å²) < 4.78 is 0. The second-order valence-electron chi connectivity index (χ2n) is 4.99. The summed E-state index contributed by atoms with van der Waals surface area (Å²) in [5.41, 5.74) is 0. The van der Waals surface area contributed by atoms with E-state index in [1.54, 1.807) is 13.8 Å². The summed E-state index contributed by atoms with van der Waals surface area (Å²) in [7, 11) is 0. The van der Waals surface area contributed by atoms with Crippen LogP contribution < -0.4 is 5.32 Å². The van der Waals surface area contributed by atoms with E-state index in [-0.39, 0.29) is 11.9 Å². The predicted molar refractivity (Wildman–Crippen MR) is 66.9 cm³/mol. The van der Waals surface area contributed by atoms with Crippen LogP contribution in [0.2, 0.25) is 0 Å².